The maximum Gasteiger partial charge on any atom is 0.339 e. The molecule has 0 aliphatic rings. The standard InChI is InChI=1S/C28H21N3O9S2/c32-26-10-7-22(15-25(26)27(33)34)31-41(36,37)23-8-3-16-1-5-20(11-18(16)13-23)29-28(35)30-21-6-2-17-4-9-24(42(38,39)40)14-19(17)12-21/h1-15,31-32H,(H,33,34)(H2,29,30,35)(H,38,39,40)/p-1. The Morgan fingerprint density at radius 2 is 1.12 bits per heavy atom. The minimum Gasteiger partial charge on any atom is -0.744 e. The maximum absolute atomic E-state index is 13.0. The van der Waals surface area contributed by atoms with Gasteiger partial charge in [-0.15, -0.1) is 0 Å². The summed E-state index contributed by atoms with van der Waals surface area (Å²) < 4.78 is 62.3. The number of carbonyl (C=O) groups excluding carboxylic acids is 1. The number of sulfonamides is 1. The predicted molar refractivity (Wildman–Crippen MR) is 154 cm³/mol. The van der Waals surface area contributed by atoms with Crippen molar-refractivity contribution in [3.63, 3.8) is 0 Å². The largest absolute Gasteiger partial charge is 0.744 e. The number of hydrogen-bond donors (Lipinski definition) is 5. The molecule has 0 heterocycles. The number of benzene rings is 5. The zero-order chi connectivity index (χ0) is 30.2. The molecule has 5 N–H and O–H groups in total. The van der Waals surface area contributed by atoms with Crippen LogP contribution >= 0.6 is 0 Å². The summed E-state index contributed by atoms with van der Waals surface area (Å²) in [4.78, 5) is 23.4. The molecule has 0 saturated heterocycles. The third kappa shape index (κ3) is 6.10. The summed E-state index contributed by atoms with van der Waals surface area (Å²) in [7, 11) is -8.79. The van der Waals surface area contributed by atoms with Crippen molar-refractivity contribution in [3.8, 4) is 5.75 Å². The summed E-state index contributed by atoms with van der Waals surface area (Å²) in [5, 5.41) is 26.4. The zero-order valence-corrected chi connectivity index (χ0v) is 22.9. The summed E-state index contributed by atoms with van der Waals surface area (Å²) >= 11 is 0. The molecule has 5 aromatic rings. The molecule has 42 heavy (non-hydrogen) atoms. The van der Waals surface area contributed by atoms with Gasteiger partial charge in [-0.25, -0.2) is 26.4 Å². The number of amides is 2. The molecule has 0 saturated carbocycles. The highest BCUT2D eigenvalue weighted by atomic mass is 32.2. The Kier molecular flexibility index (Phi) is 7.20. The monoisotopic (exact) mass is 606 g/mol. The third-order valence-corrected chi connectivity index (χ3v) is 8.43. The van der Waals surface area contributed by atoms with E-state index < -0.39 is 48.4 Å². The van der Waals surface area contributed by atoms with Gasteiger partial charge in [0.05, 0.1) is 9.79 Å². The van der Waals surface area contributed by atoms with Crippen molar-refractivity contribution in [3.05, 3.63) is 96.6 Å². The van der Waals surface area contributed by atoms with Gasteiger partial charge in [0.15, 0.2) is 0 Å². The third-order valence-electron chi connectivity index (χ3n) is 6.22. The second-order valence-electron chi connectivity index (χ2n) is 9.12. The van der Waals surface area contributed by atoms with Gasteiger partial charge in [-0.3, -0.25) is 4.72 Å². The van der Waals surface area contributed by atoms with Crippen molar-refractivity contribution in [2.24, 2.45) is 0 Å². The number of carbonyl (C=O) groups is 2. The number of aromatic carboxylic acids is 1. The van der Waals surface area contributed by atoms with Crippen LogP contribution < -0.4 is 15.4 Å². The van der Waals surface area contributed by atoms with E-state index in [0.29, 0.717) is 32.9 Å². The van der Waals surface area contributed by atoms with Crippen LogP contribution in [0, 0.1) is 0 Å². The van der Waals surface area contributed by atoms with Crippen LogP contribution in [-0.2, 0) is 20.1 Å². The van der Waals surface area contributed by atoms with Gasteiger partial charge in [0.25, 0.3) is 10.0 Å². The molecule has 12 nitrogen and oxygen atoms in total. The minimum absolute atomic E-state index is 0.0584. The molecule has 2 amide bonds. The van der Waals surface area contributed by atoms with E-state index in [1.807, 2.05) is 0 Å². The molecule has 0 bridgehead atoms. The van der Waals surface area contributed by atoms with Gasteiger partial charge in [-0.2, -0.15) is 0 Å². The number of anilines is 3. The van der Waals surface area contributed by atoms with E-state index in [1.165, 1.54) is 42.5 Å². The van der Waals surface area contributed by atoms with Crippen molar-refractivity contribution in [1.29, 1.82) is 0 Å². The van der Waals surface area contributed by atoms with Crippen LogP contribution in [0.15, 0.2) is 101 Å². The molecular formula is C28H20N3O9S2-. The molecule has 0 unspecified atom stereocenters. The lowest BCUT2D eigenvalue weighted by atomic mass is 10.1. The highest BCUT2D eigenvalue weighted by molar-refractivity contribution is 7.92. The maximum atomic E-state index is 13.0. The number of hydrogen-bond acceptors (Lipinski definition) is 8. The van der Waals surface area contributed by atoms with Gasteiger partial charge >= 0.3 is 12.0 Å². The van der Waals surface area contributed by atoms with Gasteiger partial charge in [0, 0.05) is 17.1 Å². The second-order valence-corrected chi connectivity index (χ2v) is 12.2. The molecule has 0 atom stereocenters. The number of aromatic hydroxyl groups is 1. The second kappa shape index (κ2) is 10.7. The first kappa shape index (κ1) is 28.4. The highest BCUT2D eigenvalue weighted by Crippen LogP contribution is 2.27. The fourth-order valence-electron chi connectivity index (χ4n) is 4.21. The molecule has 0 radical (unpaired) electrons. The summed E-state index contributed by atoms with van der Waals surface area (Å²) in [5.74, 6) is -1.93. The molecule has 214 valence electrons. The highest BCUT2D eigenvalue weighted by Gasteiger charge is 2.18. The summed E-state index contributed by atoms with van der Waals surface area (Å²) in [5.41, 5.74) is 0.150. The molecular weight excluding hydrogens is 586 g/mol. The van der Waals surface area contributed by atoms with Crippen LogP contribution in [0.2, 0.25) is 0 Å². The van der Waals surface area contributed by atoms with Gasteiger partial charge in [0.1, 0.15) is 21.4 Å². The fraction of sp³-hybridized carbons (Fsp3) is 0. The Morgan fingerprint density at radius 3 is 1.67 bits per heavy atom. The van der Waals surface area contributed by atoms with Crippen LogP contribution in [-0.4, -0.2) is 43.6 Å². The fourth-order valence-corrected chi connectivity index (χ4v) is 5.80. The molecule has 0 fully saturated rings. The average molecular weight is 607 g/mol. The smallest absolute Gasteiger partial charge is 0.339 e. The average Bonchev–Trinajstić information content (AvgIpc) is 2.92. The van der Waals surface area contributed by atoms with Crippen molar-refractivity contribution >= 4 is 70.7 Å². The quantitative estimate of drug-likeness (QED) is 0.128. The summed E-state index contributed by atoms with van der Waals surface area (Å²) in [6.07, 6.45) is 0. The summed E-state index contributed by atoms with van der Waals surface area (Å²) in [6, 6.07) is 20.5. The van der Waals surface area contributed by atoms with Crippen LogP contribution in [0.1, 0.15) is 10.4 Å². The van der Waals surface area contributed by atoms with E-state index >= 15 is 0 Å². The van der Waals surface area contributed by atoms with Crippen molar-refractivity contribution < 1.29 is 41.2 Å². The number of urea groups is 1. The lowest BCUT2D eigenvalue weighted by Crippen LogP contribution is -2.19. The van der Waals surface area contributed by atoms with Crippen molar-refractivity contribution in [1.82, 2.24) is 0 Å². The van der Waals surface area contributed by atoms with E-state index in [9.17, 15) is 41.2 Å². The molecule has 0 spiro atoms. The first-order valence-electron chi connectivity index (χ1n) is 12.0. The molecule has 14 heteroatoms. The first-order chi connectivity index (χ1) is 19.8. The van der Waals surface area contributed by atoms with E-state index in [4.69, 9.17) is 0 Å². The van der Waals surface area contributed by atoms with Gasteiger partial charge in [-0.05, 0) is 88.3 Å². The first-order valence-corrected chi connectivity index (χ1v) is 14.9. The number of carboxylic acids is 1. The molecule has 5 rings (SSSR count). The van der Waals surface area contributed by atoms with Crippen molar-refractivity contribution in [2.75, 3.05) is 15.4 Å². The molecule has 0 aromatic heterocycles. The van der Waals surface area contributed by atoms with E-state index in [0.717, 1.165) is 12.1 Å². The number of rotatable bonds is 7. The zero-order valence-electron chi connectivity index (χ0n) is 21.2. The van der Waals surface area contributed by atoms with Gasteiger partial charge in [-0.1, -0.05) is 24.3 Å². The minimum atomic E-state index is -4.65. The topological polar surface area (TPSA) is 202 Å². The normalized spacial score (nSPS) is 11.7. The lowest BCUT2D eigenvalue weighted by molar-refractivity contribution is 0.0693. The van der Waals surface area contributed by atoms with Crippen LogP contribution in [0.5, 0.6) is 5.75 Å². The number of phenols is 1. The van der Waals surface area contributed by atoms with Gasteiger partial charge in [0.2, 0.25) is 0 Å². The van der Waals surface area contributed by atoms with Crippen molar-refractivity contribution in [2.45, 2.75) is 9.79 Å². The van der Waals surface area contributed by atoms with Gasteiger partial charge < -0.3 is 25.4 Å². The van der Waals surface area contributed by atoms with E-state index in [-0.39, 0.29) is 10.6 Å². The Bertz CT molecular complexity index is 2130. The molecule has 5 aromatic carbocycles. The Labute approximate surface area is 239 Å². The number of fused-ring (bicyclic) bond motifs is 2. The summed E-state index contributed by atoms with van der Waals surface area (Å²) in [6.45, 7) is 0. The number of carboxylic acid groups (broad SMARTS) is 1. The Morgan fingerprint density at radius 1 is 0.619 bits per heavy atom. The molecule has 0 aliphatic heterocycles. The van der Waals surface area contributed by atoms with Crippen LogP contribution in [0.4, 0.5) is 21.9 Å². The lowest BCUT2D eigenvalue weighted by Gasteiger charge is -2.12. The Hall–Kier alpha value is -5.18. The van der Waals surface area contributed by atoms with Crippen LogP contribution in [0.25, 0.3) is 21.5 Å². The SMILES string of the molecule is O=C(Nc1ccc2ccc(S(=O)(=O)[O-])cc2c1)Nc1ccc2ccc(S(=O)(=O)Nc3ccc(O)c(C(=O)O)c3)cc2c1. The predicted octanol–water partition coefficient (Wildman–Crippen LogP) is 4.75. The van der Waals surface area contributed by atoms with Crippen LogP contribution in [0.3, 0.4) is 0 Å². The van der Waals surface area contributed by atoms with E-state index in [1.54, 1.807) is 36.4 Å². The number of nitrogens with one attached hydrogen (secondary N) is 3. The molecule has 0 aliphatic carbocycles. The van der Waals surface area contributed by atoms with E-state index in [2.05, 4.69) is 15.4 Å². The Balaban J connectivity index is 1.34.